The third kappa shape index (κ3) is 3.17. The second-order valence-corrected chi connectivity index (χ2v) is 7.42. The number of piperidine rings is 1. The van der Waals surface area contributed by atoms with Crippen LogP contribution in [0.4, 0.5) is 0 Å². The molecule has 0 bridgehead atoms. The minimum atomic E-state index is 0.198. The number of amides is 1. The van der Waals surface area contributed by atoms with Crippen molar-refractivity contribution in [3.63, 3.8) is 0 Å². The van der Waals surface area contributed by atoms with Crippen LogP contribution in [0.5, 0.6) is 0 Å². The van der Waals surface area contributed by atoms with Gasteiger partial charge in [0.05, 0.1) is 6.61 Å². The minimum absolute atomic E-state index is 0.198. The Kier molecular flexibility index (Phi) is 5.05. The Hall–Kier alpha value is -0.650. The van der Waals surface area contributed by atoms with Crippen molar-refractivity contribution in [2.45, 2.75) is 25.7 Å². The monoisotopic (exact) mass is 310 g/mol. The van der Waals surface area contributed by atoms with Gasteiger partial charge in [-0.15, -0.1) is 0 Å². The molecule has 0 aromatic heterocycles. The smallest absolute Gasteiger partial charge is 0.225 e. The maximum absolute atomic E-state index is 12.7. The third-order valence-electron chi connectivity index (χ3n) is 5.99. The molecule has 1 atom stereocenters. The molecule has 0 radical (unpaired) electrons. The van der Waals surface area contributed by atoms with Gasteiger partial charge in [0.1, 0.15) is 0 Å². The molecule has 0 aliphatic carbocycles. The molecule has 22 heavy (non-hydrogen) atoms. The van der Waals surface area contributed by atoms with Crippen LogP contribution in [-0.2, 0) is 14.3 Å². The summed E-state index contributed by atoms with van der Waals surface area (Å²) < 4.78 is 10.8. The topological polar surface area (TPSA) is 42.0 Å². The highest BCUT2D eigenvalue weighted by Gasteiger charge is 2.47. The molecule has 0 aromatic rings. The van der Waals surface area contributed by atoms with Gasteiger partial charge in [0.15, 0.2) is 0 Å². The van der Waals surface area contributed by atoms with Crippen LogP contribution in [0.3, 0.4) is 0 Å². The summed E-state index contributed by atoms with van der Waals surface area (Å²) in [5.74, 6) is 1.18. The van der Waals surface area contributed by atoms with Crippen LogP contribution < -0.4 is 0 Å². The van der Waals surface area contributed by atoms with Gasteiger partial charge in [0.2, 0.25) is 5.91 Å². The van der Waals surface area contributed by atoms with E-state index in [9.17, 15) is 4.79 Å². The zero-order valence-electron chi connectivity index (χ0n) is 14.1. The average molecular weight is 310 g/mol. The predicted molar refractivity (Wildman–Crippen MR) is 84.7 cm³/mol. The van der Waals surface area contributed by atoms with Crippen molar-refractivity contribution in [3.05, 3.63) is 0 Å². The van der Waals surface area contributed by atoms with Crippen LogP contribution in [0.15, 0.2) is 0 Å². The number of carbonyl (C=O) groups is 1. The molecule has 126 valence electrons. The summed E-state index contributed by atoms with van der Waals surface area (Å²) in [6, 6.07) is 0. The van der Waals surface area contributed by atoms with Gasteiger partial charge in [-0.2, -0.15) is 0 Å². The van der Waals surface area contributed by atoms with Gasteiger partial charge in [-0.05, 0) is 38.1 Å². The average Bonchev–Trinajstić information content (AvgIpc) is 2.84. The van der Waals surface area contributed by atoms with Gasteiger partial charge in [-0.25, -0.2) is 0 Å². The Balaban J connectivity index is 1.58. The molecule has 5 heteroatoms. The normalized spacial score (nSPS) is 30.1. The van der Waals surface area contributed by atoms with Crippen molar-refractivity contribution >= 4 is 5.91 Å². The lowest BCUT2D eigenvalue weighted by Crippen LogP contribution is -2.49. The molecule has 5 nitrogen and oxygen atoms in total. The summed E-state index contributed by atoms with van der Waals surface area (Å²) in [7, 11) is 4.01. The Morgan fingerprint density at radius 3 is 2.59 bits per heavy atom. The van der Waals surface area contributed by atoms with Crippen LogP contribution in [-0.4, -0.2) is 75.9 Å². The molecule has 3 heterocycles. The summed E-state index contributed by atoms with van der Waals surface area (Å²) in [6.07, 6.45) is 4.05. The first-order chi connectivity index (χ1) is 10.6. The Morgan fingerprint density at radius 1 is 1.27 bits per heavy atom. The number of rotatable bonds is 3. The molecule has 3 aliphatic rings. The Labute approximate surface area is 133 Å². The van der Waals surface area contributed by atoms with Crippen LogP contribution >= 0.6 is 0 Å². The van der Waals surface area contributed by atoms with E-state index in [1.807, 2.05) is 0 Å². The lowest BCUT2D eigenvalue weighted by atomic mass is 9.71. The number of methoxy groups -OCH3 is 1. The van der Waals surface area contributed by atoms with E-state index in [0.717, 1.165) is 71.7 Å². The minimum Gasteiger partial charge on any atom is -0.384 e. The first-order valence-electron chi connectivity index (χ1n) is 8.69. The van der Waals surface area contributed by atoms with Crippen molar-refractivity contribution in [3.8, 4) is 0 Å². The molecule has 3 rings (SSSR count). The fraction of sp³-hybridized carbons (Fsp3) is 0.941. The second-order valence-electron chi connectivity index (χ2n) is 7.42. The SMILES string of the molecule is COCC1CN(C)CC12CCN(C(=O)C1CCOCC1)CC2. The summed E-state index contributed by atoms with van der Waals surface area (Å²) in [5.41, 5.74) is 0.358. The number of likely N-dealkylation sites (tertiary alicyclic amines) is 2. The number of hydrogen-bond acceptors (Lipinski definition) is 4. The lowest BCUT2D eigenvalue weighted by molar-refractivity contribution is -0.141. The highest BCUT2D eigenvalue weighted by atomic mass is 16.5. The predicted octanol–water partition coefficient (Wildman–Crippen LogP) is 1.23. The Morgan fingerprint density at radius 2 is 1.95 bits per heavy atom. The zero-order valence-corrected chi connectivity index (χ0v) is 14.1. The third-order valence-corrected chi connectivity index (χ3v) is 5.99. The van der Waals surface area contributed by atoms with Crippen molar-refractivity contribution in [2.75, 3.05) is 60.2 Å². The number of hydrogen-bond donors (Lipinski definition) is 0. The summed E-state index contributed by atoms with van der Waals surface area (Å²) in [5, 5.41) is 0. The van der Waals surface area contributed by atoms with Crippen LogP contribution in [0, 0.1) is 17.3 Å². The molecule has 1 spiro atoms. The van der Waals surface area contributed by atoms with Crippen molar-refractivity contribution in [2.24, 2.45) is 17.3 Å². The van der Waals surface area contributed by atoms with E-state index in [1.54, 1.807) is 7.11 Å². The van der Waals surface area contributed by atoms with Gasteiger partial charge in [-0.1, -0.05) is 0 Å². The van der Waals surface area contributed by atoms with E-state index in [1.165, 1.54) is 0 Å². The largest absolute Gasteiger partial charge is 0.384 e. The first-order valence-corrected chi connectivity index (χ1v) is 8.69. The molecule has 3 saturated heterocycles. The molecule has 0 saturated carbocycles. The maximum Gasteiger partial charge on any atom is 0.225 e. The van der Waals surface area contributed by atoms with Gasteiger partial charge in [-0.3, -0.25) is 4.79 Å². The first kappa shape index (κ1) is 16.2. The van der Waals surface area contributed by atoms with Gasteiger partial charge >= 0.3 is 0 Å². The second kappa shape index (κ2) is 6.85. The fourth-order valence-corrected chi connectivity index (χ4v) is 4.67. The maximum atomic E-state index is 12.7. The molecule has 1 amide bonds. The number of nitrogens with zero attached hydrogens (tertiary/aromatic N) is 2. The van der Waals surface area contributed by atoms with E-state index in [-0.39, 0.29) is 5.92 Å². The van der Waals surface area contributed by atoms with E-state index in [0.29, 0.717) is 17.2 Å². The van der Waals surface area contributed by atoms with E-state index >= 15 is 0 Å². The van der Waals surface area contributed by atoms with E-state index in [2.05, 4.69) is 16.8 Å². The lowest BCUT2D eigenvalue weighted by Gasteiger charge is -2.43. The zero-order chi connectivity index (χ0) is 15.6. The highest BCUT2D eigenvalue weighted by molar-refractivity contribution is 5.79. The van der Waals surface area contributed by atoms with Crippen LogP contribution in [0.2, 0.25) is 0 Å². The summed E-state index contributed by atoms with van der Waals surface area (Å²) in [6.45, 7) is 6.46. The number of carbonyl (C=O) groups excluding carboxylic acids is 1. The summed E-state index contributed by atoms with van der Waals surface area (Å²) in [4.78, 5) is 17.2. The van der Waals surface area contributed by atoms with Gasteiger partial charge in [0, 0.05) is 58.3 Å². The fourth-order valence-electron chi connectivity index (χ4n) is 4.67. The van der Waals surface area contributed by atoms with Crippen LogP contribution in [0.1, 0.15) is 25.7 Å². The molecule has 0 aromatic carbocycles. The van der Waals surface area contributed by atoms with Gasteiger partial charge in [0.25, 0.3) is 0 Å². The molecule has 3 fully saturated rings. The quantitative estimate of drug-likeness (QED) is 0.786. The highest BCUT2D eigenvalue weighted by Crippen LogP contribution is 2.44. The molecule has 0 N–H and O–H groups in total. The molecular formula is C17H30N2O3. The van der Waals surface area contributed by atoms with Gasteiger partial charge < -0.3 is 19.3 Å². The van der Waals surface area contributed by atoms with E-state index in [4.69, 9.17) is 9.47 Å². The van der Waals surface area contributed by atoms with Crippen LogP contribution in [0.25, 0.3) is 0 Å². The molecule has 3 aliphatic heterocycles. The van der Waals surface area contributed by atoms with Crippen molar-refractivity contribution in [1.29, 1.82) is 0 Å². The summed E-state index contributed by atoms with van der Waals surface area (Å²) >= 11 is 0. The molecule has 1 unspecified atom stereocenters. The molecular weight excluding hydrogens is 280 g/mol. The standard InChI is InChI=1S/C17H30N2O3/c1-18-11-15(12-21-2)17(13-18)5-7-19(8-6-17)16(20)14-3-9-22-10-4-14/h14-15H,3-13H2,1-2H3. The van der Waals surface area contributed by atoms with Crippen molar-refractivity contribution in [1.82, 2.24) is 9.80 Å². The Bertz CT molecular complexity index is 387. The number of ether oxygens (including phenoxy) is 2. The van der Waals surface area contributed by atoms with Crippen molar-refractivity contribution < 1.29 is 14.3 Å². The van der Waals surface area contributed by atoms with E-state index < -0.39 is 0 Å².